The van der Waals surface area contributed by atoms with E-state index in [1.54, 1.807) is 0 Å². The molecule has 0 atom stereocenters. The Morgan fingerprint density at radius 2 is 1.36 bits per heavy atom. The highest BCUT2D eigenvalue weighted by atomic mass is 16.8. The van der Waals surface area contributed by atoms with E-state index in [4.69, 9.17) is 5.11 Å². The number of carbonyl (C=O) groups is 2. The summed E-state index contributed by atoms with van der Waals surface area (Å²) < 4.78 is 7.27. The first-order valence-electron chi connectivity index (χ1n) is 3.65. The SMILES string of the molecule is COC(=O)OC(=O)O.c1ccccc1. The predicted octanol–water partition coefficient (Wildman–Crippen LogP) is 2.13. The normalized spacial score (nSPS) is 7.79. The highest BCUT2D eigenvalue weighted by molar-refractivity contribution is 5.75. The van der Waals surface area contributed by atoms with Crippen LogP contribution < -0.4 is 0 Å². The molecule has 0 aromatic heterocycles. The van der Waals surface area contributed by atoms with Gasteiger partial charge in [0.25, 0.3) is 0 Å². The van der Waals surface area contributed by atoms with Gasteiger partial charge in [-0.1, -0.05) is 36.4 Å². The summed E-state index contributed by atoms with van der Waals surface area (Å²) in [6.07, 6.45) is -2.89. The Morgan fingerprint density at radius 3 is 1.50 bits per heavy atom. The third kappa shape index (κ3) is 8.06. The Kier molecular flexibility index (Phi) is 6.49. The zero-order valence-corrected chi connectivity index (χ0v) is 7.54. The molecular formula is C9H10O5. The molecule has 1 rings (SSSR count). The van der Waals surface area contributed by atoms with Crippen molar-refractivity contribution < 1.29 is 24.2 Å². The van der Waals surface area contributed by atoms with Gasteiger partial charge in [-0.25, -0.2) is 9.59 Å². The van der Waals surface area contributed by atoms with E-state index in [0.717, 1.165) is 7.11 Å². The molecule has 0 spiro atoms. The third-order valence-corrected chi connectivity index (χ3v) is 1.00. The van der Waals surface area contributed by atoms with Gasteiger partial charge < -0.3 is 14.6 Å². The number of methoxy groups -OCH3 is 1. The number of benzene rings is 1. The Bertz CT molecular complexity index is 243. The first-order chi connectivity index (χ1) is 6.66. The van der Waals surface area contributed by atoms with Gasteiger partial charge in [0, 0.05) is 0 Å². The third-order valence-electron chi connectivity index (χ3n) is 1.00. The summed E-state index contributed by atoms with van der Waals surface area (Å²) in [5.41, 5.74) is 0. The zero-order valence-electron chi connectivity index (χ0n) is 7.54. The molecule has 0 fully saturated rings. The maximum atomic E-state index is 9.80. The van der Waals surface area contributed by atoms with E-state index in [-0.39, 0.29) is 0 Å². The van der Waals surface area contributed by atoms with Crippen molar-refractivity contribution in [1.82, 2.24) is 0 Å². The molecule has 5 nitrogen and oxygen atoms in total. The fraction of sp³-hybridized carbons (Fsp3) is 0.111. The van der Waals surface area contributed by atoms with Crippen LogP contribution in [-0.2, 0) is 9.47 Å². The molecule has 0 aliphatic heterocycles. The van der Waals surface area contributed by atoms with Gasteiger partial charge in [0.1, 0.15) is 0 Å². The summed E-state index contributed by atoms with van der Waals surface area (Å²) in [4.78, 5) is 19.2. The van der Waals surface area contributed by atoms with Gasteiger partial charge >= 0.3 is 12.3 Å². The summed E-state index contributed by atoms with van der Waals surface area (Å²) in [6, 6.07) is 12.0. The largest absolute Gasteiger partial charge is 0.518 e. The van der Waals surface area contributed by atoms with Crippen LogP contribution in [0.2, 0.25) is 0 Å². The first kappa shape index (κ1) is 12.0. The van der Waals surface area contributed by atoms with Crippen molar-refractivity contribution in [1.29, 1.82) is 0 Å². The molecule has 14 heavy (non-hydrogen) atoms. The van der Waals surface area contributed by atoms with Crippen molar-refractivity contribution >= 4 is 12.3 Å². The van der Waals surface area contributed by atoms with Gasteiger partial charge in [-0.3, -0.25) is 0 Å². The summed E-state index contributed by atoms with van der Waals surface area (Å²) in [7, 11) is 1.02. The number of hydrogen-bond donors (Lipinski definition) is 1. The van der Waals surface area contributed by atoms with Gasteiger partial charge in [0.05, 0.1) is 7.11 Å². The number of rotatable bonds is 0. The van der Waals surface area contributed by atoms with Crippen molar-refractivity contribution in [3.8, 4) is 0 Å². The van der Waals surface area contributed by atoms with Gasteiger partial charge in [0.2, 0.25) is 0 Å². The molecule has 1 aromatic carbocycles. The number of carboxylic acid groups (broad SMARTS) is 1. The molecule has 0 aliphatic rings. The van der Waals surface area contributed by atoms with E-state index in [9.17, 15) is 9.59 Å². The Balaban J connectivity index is 0.000000249. The standard InChI is InChI=1S/C6H6.C3H4O5/c1-2-4-6-5-3-1;1-7-3(6)8-2(4)5/h1-6H;1H3,(H,4,5). The lowest BCUT2D eigenvalue weighted by atomic mass is 10.4. The quantitative estimate of drug-likeness (QED) is 0.510. The van der Waals surface area contributed by atoms with Crippen molar-refractivity contribution in [2.75, 3.05) is 7.11 Å². The predicted molar refractivity (Wildman–Crippen MR) is 48.0 cm³/mol. The average molecular weight is 198 g/mol. The number of ether oxygens (including phenoxy) is 2. The second kappa shape index (κ2) is 7.60. The minimum absolute atomic E-state index is 1.02. The Morgan fingerprint density at radius 1 is 1.00 bits per heavy atom. The molecule has 0 aliphatic carbocycles. The zero-order chi connectivity index (χ0) is 10.8. The van der Waals surface area contributed by atoms with Crippen LogP contribution in [0.25, 0.3) is 0 Å². The van der Waals surface area contributed by atoms with E-state index in [1.807, 2.05) is 36.4 Å². The molecule has 0 radical (unpaired) electrons. The number of carbonyl (C=O) groups excluding carboxylic acids is 1. The number of hydrogen-bond acceptors (Lipinski definition) is 4. The molecule has 5 heteroatoms. The smallest absolute Gasteiger partial charge is 0.449 e. The minimum atomic E-state index is -1.67. The van der Waals surface area contributed by atoms with Crippen LogP contribution in [-0.4, -0.2) is 24.5 Å². The molecule has 76 valence electrons. The molecule has 0 bridgehead atoms. The van der Waals surface area contributed by atoms with Gasteiger partial charge in [-0.15, -0.1) is 0 Å². The van der Waals surface area contributed by atoms with E-state index in [0.29, 0.717) is 0 Å². The lowest BCUT2D eigenvalue weighted by Gasteiger charge is -1.91. The van der Waals surface area contributed by atoms with Crippen LogP contribution >= 0.6 is 0 Å². The molecule has 1 N–H and O–H groups in total. The average Bonchev–Trinajstić information content (AvgIpc) is 2.20. The molecule has 0 heterocycles. The van der Waals surface area contributed by atoms with Gasteiger partial charge in [-0.05, 0) is 0 Å². The van der Waals surface area contributed by atoms with Crippen molar-refractivity contribution in [3.63, 3.8) is 0 Å². The second-order valence-electron chi connectivity index (χ2n) is 1.98. The highest BCUT2D eigenvalue weighted by Crippen LogP contribution is 1.80. The summed E-state index contributed by atoms with van der Waals surface area (Å²) in [6.45, 7) is 0. The summed E-state index contributed by atoms with van der Waals surface area (Å²) in [5, 5.41) is 7.69. The van der Waals surface area contributed by atoms with Crippen LogP contribution in [0.3, 0.4) is 0 Å². The fourth-order valence-electron chi connectivity index (χ4n) is 0.498. The van der Waals surface area contributed by atoms with Crippen LogP contribution in [0, 0.1) is 0 Å². The minimum Gasteiger partial charge on any atom is -0.449 e. The second-order valence-corrected chi connectivity index (χ2v) is 1.98. The Hall–Kier alpha value is -2.04. The van der Waals surface area contributed by atoms with Crippen LogP contribution in [0.1, 0.15) is 0 Å². The molecule has 0 saturated heterocycles. The summed E-state index contributed by atoms with van der Waals surface area (Å²) >= 11 is 0. The maximum absolute atomic E-state index is 9.80. The van der Waals surface area contributed by atoms with Crippen molar-refractivity contribution in [2.24, 2.45) is 0 Å². The summed E-state index contributed by atoms with van der Waals surface area (Å²) in [5.74, 6) is 0. The topological polar surface area (TPSA) is 72.8 Å². The van der Waals surface area contributed by atoms with Crippen molar-refractivity contribution in [3.05, 3.63) is 36.4 Å². The van der Waals surface area contributed by atoms with Gasteiger partial charge in [-0.2, -0.15) is 0 Å². The molecule has 0 saturated carbocycles. The van der Waals surface area contributed by atoms with Crippen LogP contribution in [0.4, 0.5) is 9.59 Å². The van der Waals surface area contributed by atoms with Crippen LogP contribution in [0.5, 0.6) is 0 Å². The van der Waals surface area contributed by atoms with Gasteiger partial charge in [0.15, 0.2) is 0 Å². The first-order valence-corrected chi connectivity index (χ1v) is 3.65. The van der Waals surface area contributed by atoms with Crippen LogP contribution in [0.15, 0.2) is 36.4 Å². The lowest BCUT2D eigenvalue weighted by molar-refractivity contribution is 0.0675. The highest BCUT2D eigenvalue weighted by Gasteiger charge is 2.05. The maximum Gasteiger partial charge on any atom is 0.518 e. The molecule has 0 unspecified atom stereocenters. The molecule has 0 amide bonds. The van der Waals surface area contributed by atoms with E-state index >= 15 is 0 Å². The fourth-order valence-corrected chi connectivity index (χ4v) is 0.498. The van der Waals surface area contributed by atoms with E-state index in [1.165, 1.54) is 0 Å². The lowest BCUT2D eigenvalue weighted by Crippen LogP contribution is -2.08. The Labute approximate surface area is 80.9 Å². The monoisotopic (exact) mass is 198 g/mol. The van der Waals surface area contributed by atoms with E-state index < -0.39 is 12.3 Å². The van der Waals surface area contributed by atoms with Crippen molar-refractivity contribution in [2.45, 2.75) is 0 Å². The molecular weight excluding hydrogens is 188 g/mol. The molecule has 1 aromatic rings. The van der Waals surface area contributed by atoms with E-state index in [2.05, 4.69) is 9.47 Å².